The van der Waals surface area contributed by atoms with E-state index in [9.17, 15) is 22.4 Å². The Hall–Kier alpha value is -2.57. The number of hydrogen-bond acceptors (Lipinski definition) is 2. The molecule has 1 fully saturated rings. The van der Waals surface area contributed by atoms with Gasteiger partial charge in [0.1, 0.15) is 11.6 Å². The molecule has 0 spiro atoms. The standard InChI is InChI=1S/C23H24F4N2O/c1-13-7-16-5-6-29(20-4-3-17(24)9-19(20)25)12-18(16)14(2)22(13)28-21(30)8-15-10-23(26,27)11-15/h3-4,7,9,15H,5-6,8,10-12H2,1-2H3,(H,28,30). The van der Waals surface area contributed by atoms with E-state index >= 15 is 0 Å². The fourth-order valence-electron chi connectivity index (χ4n) is 4.59. The molecule has 1 aliphatic heterocycles. The number of amides is 1. The molecule has 0 bridgehead atoms. The minimum Gasteiger partial charge on any atom is -0.364 e. The fraction of sp³-hybridized carbons (Fsp3) is 0.435. The number of benzene rings is 2. The van der Waals surface area contributed by atoms with E-state index in [1.54, 1.807) is 0 Å². The first-order valence-electron chi connectivity index (χ1n) is 10.1. The van der Waals surface area contributed by atoms with E-state index in [1.165, 1.54) is 12.1 Å². The van der Waals surface area contributed by atoms with Crippen molar-refractivity contribution in [2.75, 3.05) is 16.8 Å². The Morgan fingerprint density at radius 1 is 1.20 bits per heavy atom. The first-order chi connectivity index (χ1) is 14.1. The van der Waals surface area contributed by atoms with Gasteiger partial charge in [-0.2, -0.15) is 0 Å². The average molecular weight is 420 g/mol. The van der Waals surface area contributed by atoms with Crippen molar-refractivity contribution in [2.24, 2.45) is 5.92 Å². The van der Waals surface area contributed by atoms with Gasteiger partial charge in [-0.05, 0) is 60.6 Å². The minimum atomic E-state index is -2.64. The summed E-state index contributed by atoms with van der Waals surface area (Å²) >= 11 is 0. The van der Waals surface area contributed by atoms with Crippen LogP contribution in [0.5, 0.6) is 0 Å². The van der Waals surface area contributed by atoms with Crippen LogP contribution >= 0.6 is 0 Å². The zero-order valence-corrected chi connectivity index (χ0v) is 17.0. The monoisotopic (exact) mass is 420 g/mol. The van der Waals surface area contributed by atoms with E-state index in [2.05, 4.69) is 5.32 Å². The van der Waals surface area contributed by atoms with E-state index in [4.69, 9.17) is 0 Å². The third kappa shape index (κ3) is 4.02. The maximum absolute atomic E-state index is 14.3. The average Bonchev–Trinajstić information content (AvgIpc) is 2.63. The first-order valence-corrected chi connectivity index (χ1v) is 10.1. The highest BCUT2D eigenvalue weighted by Gasteiger charge is 2.45. The molecule has 2 aromatic rings. The van der Waals surface area contributed by atoms with Gasteiger partial charge in [0.25, 0.3) is 0 Å². The molecule has 1 amide bonds. The maximum Gasteiger partial charge on any atom is 0.248 e. The van der Waals surface area contributed by atoms with Crippen molar-refractivity contribution in [2.45, 2.75) is 52.0 Å². The first kappa shape index (κ1) is 20.7. The van der Waals surface area contributed by atoms with Crippen LogP contribution in [-0.2, 0) is 17.8 Å². The van der Waals surface area contributed by atoms with Crippen molar-refractivity contribution in [3.05, 3.63) is 58.2 Å². The van der Waals surface area contributed by atoms with Gasteiger partial charge in [-0.1, -0.05) is 6.07 Å². The molecule has 1 saturated carbocycles. The Kier molecular flexibility index (Phi) is 5.24. The Morgan fingerprint density at radius 3 is 2.60 bits per heavy atom. The number of fused-ring (bicyclic) bond motifs is 1. The van der Waals surface area contributed by atoms with Gasteiger partial charge in [0, 0.05) is 44.1 Å². The molecule has 2 aromatic carbocycles. The predicted octanol–water partition coefficient (Wildman–Crippen LogP) is 5.52. The lowest BCUT2D eigenvalue weighted by molar-refractivity contribution is -0.129. The van der Waals surface area contributed by atoms with Crippen molar-refractivity contribution in [1.29, 1.82) is 0 Å². The minimum absolute atomic E-state index is 0.0818. The van der Waals surface area contributed by atoms with Crippen LogP contribution in [0.1, 0.15) is 41.5 Å². The molecule has 1 aliphatic carbocycles. The van der Waals surface area contributed by atoms with Gasteiger partial charge in [0.2, 0.25) is 11.8 Å². The Balaban J connectivity index is 1.53. The molecule has 0 saturated heterocycles. The SMILES string of the molecule is Cc1cc2c(c(C)c1NC(=O)CC1CC(F)(F)C1)CN(c1ccc(F)cc1F)CC2. The highest BCUT2D eigenvalue weighted by molar-refractivity contribution is 5.93. The van der Waals surface area contributed by atoms with Crippen LogP contribution in [0.25, 0.3) is 0 Å². The summed E-state index contributed by atoms with van der Waals surface area (Å²) < 4.78 is 53.6. The number of aryl methyl sites for hydroxylation is 1. The largest absolute Gasteiger partial charge is 0.364 e. The molecular weight excluding hydrogens is 396 g/mol. The van der Waals surface area contributed by atoms with E-state index in [-0.39, 0.29) is 31.1 Å². The molecule has 0 atom stereocenters. The molecular formula is C23H24F4N2O. The smallest absolute Gasteiger partial charge is 0.248 e. The normalized spacial score (nSPS) is 18.0. The summed E-state index contributed by atoms with van der Waals surface area (Å²) in [4.78, 5) is 14.3. The molecule has 0 unspecified atom stereocenters. The molecule has 1 N–H and O–H groups in total. The van der Waals surface area contributed by atoms with Gasteiger partial charge in [0.05, 0.1) is 5.69 Å². The molecule has 4 rings (SSSR count). The lowest BCUT2D eigenvalue weighted by Gasteiger charge is -2.35. The van der Waals surface area contributed by atoms with Crippen LogP contribution in [0.3, 0.4) is 0 Å². The number of nitrogens with one attached hydrogen (secondary N) is 1. The van der Waals surface area contributed by atoms with Crippen LogP contribution in [0, 0.1) is 31.4 Å². The highest BCUT2D eigenvalue weighted by Crippen LogP contribution is 2.44. The van der Waals surface area contributed by atoms with Crippen LogP contribution in [0.15, 0.2) is 24.3 Å². The zero-order valence-electron chi connectivity index (χ0n) is 17.0. The van der Waals surface area contributed by atoms with Gasteiger partial charge in [-0.3, -0.25) is 4.79 Å². The molecule has 3 nitrogen and oxygen atoms in total. The second-order valence-electron chi connectivity index (χ2n) is 8.48. The zero-order chi connectivity index (χ0) is 21.6. The number of carbonyl (C=O) groups is 1. The van der Waals surface area contributed by atoms with Crippen LogP contribution in [0.2, 0.25) is 0 Å². The molecule has 160 valence electrons. The summed E-state index contributed by atoms with van der Waals surface area (Å²) in [7, 11) is 0. The van der Waals surface area contributed by atoms with Crippen LogP contribution in [0.4, 0.5) is 28.9 Å². The molecule has 0 radical (unpaired) electrons. The summed E-state index contributed by atoms with van der Waals surface area (Å²) in [5.41, 5.74) is 4.98. The van der Waals surface area contributed by atoms with Crippen molar-refractivity contribution in [1.82, 2.24) is 0 Å². The highest BCUT2D eigenvalue weighted by atomic mass is 19.3. The number of alkyl halides is 2. The van der Waals surface area contributed by atoms with Gasteiger partial charge in [0.15, 0.2) is 0 Å². The lowest BCUT2D eigenvalue weighted by atomic mass is 9.79. The summed E-state index contributed by atoms with van der Waals surface area (Å²) in [5.74, 6) is -4.40. The number of rotatable bonds is 4. The van der Waals surface area contributed by atoms with Crippen molar-refractivity contribution >= 4 is 17.3 Å². The Bertz CT molecular complexity index is 997. The summed E-state index contributed by atoms with van der Waals surface area (Å²) in [6, 6.07) is 5.58. The topological polar surface area (TPSA) is 32.3 Å². The number of nitrogens with zero attached hydrogens (tertiary/aromatic N) is 1. The fourth-order valence-corrected chi connectivity index (χ4v) is 4.59. The van der Waals surface area contributed by atoms with Crippen molar-refractivity contribution < 1.29 is 22.4 Å². The van der Waals surface area contributed by atoms with Crippen molar-refractivity contribution in [3.63, 3.8) is 0 Å². The summed E-state index contributed by atoms with van der Waals surface area (Å²) in [5, 5.41) is 2.90. The molecule has 30 heavy (non-hydrogen) atoms. The number of halogens is 4. The van der Waals surface area contributed by atoms with E-state index in [0.29, 0.717) is 30.9 Å². The van der Waals surface area contributed by atoms with Gasteiger partial charge >= 0.3 is 0 Å². The van der Waals surface area contributed by atoms with E-state index in [0.717, 1.165) is 28.3 Å². The van der Waals surface area contributed by atoms with Crippen LogP contribution in [-0.4, -0.2) is 18.4 Å². The second-order valence-corrected chi connectivity index (χ2v) is 8.48. The molecule has 0 aromatic heterocycles. The lowest BCUT2D eigenvalue weighted by Crippen LogP contribution is -2.37. The molecule has 2 aliphatic rings. The Morgan fingerprint density at radius 2 is 1.93 bits per heavy atom. The van der Waals surface area contributed by atoms with Crippen LogP contribution < -0.4 is 10.2 Å². The number of carbonyl (C=O) groups excluding carboxylic acids is 1. The third-order valence-corrected chi connectivity index (χ3v) is 6.16. The predicted molar refractivity (Wildman–Crippen MR) is 108 cm³/mol. The summed E-state index contributed by atoms with van der Waals surface area (Å²) in [6.45, 7) is 4.87. The number of anilines is 2. The molecule has 1 heterocycles. The van der Waals surface area contributed by atoms with Gasteiger partial charge in [-0.25, -0.2) is 17.6 Å². The quantitative estimate of drug-likeness (QED) is 0.661. The number of hydrogen-bond donors (Lipinski definition) is 1. The van der Waals surface area contributed by atoms with Crippen molar-refractivity contribution in [3.8, 4) is 0 Å². The summed E-state index contributed by atoms with van der Waals surface area (Å²) in [6.07, 6.45) is 0.319. The van der Waals surface area contributed by atoms with E-state index < -0.39 is 17.6 Å². The molecule has 7 heteroatoms. The van der Waals surface area contributed by atoms with Gasteiger partial charge < -0.3 is 10.2 Å². The Labute approximate surface area is 173 Å². The second kappa shape index (κ2) is 7.60. The maximum atomic E-state index is 14.3. The van der Waals surface area contributed by atoms with Gasteiger partial charge in [-0.15, -0.1) is 0 Å². The third-order valence-electron chi connectivity index (χ3n) is 6.16. The van der Waals surface area contributed by atoms with E-state index in [1.807, 2.05) is 24.8 Å².